The second kappa shape index (κ2) is 37.8. The number of benzene rings is 4. The summed E-state index contributed by atoms with van der Waals surface area (Å²) in [6, 6.07) is 77.2. The van der Waals surface area contributed by atoms with Gasteiger partial charge in [0.1, 0.15) is 17.6 Å². The second-order valence-corrected chi connectivity index (χ2v) is 27.9. The summed E-state index contributed by atoms with van der Waals surface area (Å²) in [5.41, 5.74) is 9.14. The van der Waals surface area contributed by atoms with E-state index in [1.54, 1.807) is 59.3 Å². The van der Waals surface area contributed by atoms with Crippen LogP contribution < -0.4 is 0 Å². The third-order valence-corrected chi connectivity index (χ3v) is 18.4. The van der Waals surface area contributed by atoms with E-state index in [4.69, 9.17) is 30.0 Å². The molecular formula is C87H74F5N16O2Pt4-. The van der Waals surface area contributed by atoms with E-state index in [1.165, 1.54) is 6.07 Å². The van der Waals surface area contributed by atoms with E-state index in [1.807, 2.05) is 177 Å². The molecule has 0 saturated carbocycles. The molecule has 0 fully saturated rings. The van der Waals surface area contributed by atoms with Gasteiger partial charge in [0.25, 0.3) is 0 Å². The SMILES string of the molecule is CC(C)(c1cccc(C(=O)O)n1)c1cccc(-c2[c-]cc(F)nc2F)n1.Cc1c[c-]n(-c2cccc(C(C)(C)c3cccc(-n4[c-]cc(C(F)(F)F)n4)n3)n2)n1.Cn1cc(C(C)(C)c2cccc(-c3[c-]cccc3)n2)nc1-c1[c-]cccc1.Cn1cc(C(C)(C)c2cn(C)c(-c3[c-]cccc3)n2)nc1-c1[c-]cccc1.[Pt+2].[Pt+2].[Pt+2].[Pt]. The molecule has 11 heterocycles. The fraction of sp³-hybridized carbons (Fsp3) is 0.195. The third-order valence-electron chi connectivity index (χ3n) is 18.4. The van der Waals surface area contributed by atoms with Crippen molar-refractivity contribution in [3.05, 3.63) is 342 Å². The molecule has 590 valence electrons. The molecule has 27 heteroatoms. The molecule has 0 radical (unpaired) electrons. The van der Waals surface area contributed by atoms with Gasteiger partial charge in [0.2, 0.25) is 0 Å². The maximum absolute atomic E-state index is 13.9. The zero-order valence-corrected chi connectivity index (χ0v) is 72.6. The molecule has 11 aromatic heterocycles. The van der Waals surface area contributed by atoms with Crippen molar-refractivity contribution < 1.29 is 116 Å². The summed E-state index contributed by atoms with van der Waals surface area (Å²) >= 11 is 0. The minimum absolute atomic E-state index is 0. The molecule has 0 spiro atoms. The van der Waals surface area contributed by atoms with E-state index in [0.29, 0.717) is 22.9 Å². The number of hydrogen-bond acceptors (Lipinski definition) is 12. The van der Waals surface area contributed by atoms with Gasteiger partial charge in [-0.1, -0.05) is 85.5 Å². The normalized spacial score (nSPS) is 11.3. The molecule has 15 rings (SSSR count). The first kappa shape index (κ1) is 89.3. The van der Waals surface area contributed by atoms with Gasteiger partial charge in [-0.2, -0.15) is 13.2 Å². The summed E-state index contributed by atoms with van der Waals surface area (Å²) in [5.74, 6) is 0.487. The number of halogens is 5. The van der Waals surface area contributed by atoms with Crippen molar-refractivity contribution in [2.75, 3.05) is 0 Å². The molecule has 18 nitrogen and oxygen atoms in total. The van der Waals surface area contributed by atoms with Crippen LogP contribution in [0.2, 0.25) is 0 Å². The fourth-order valence-corrected chi connectivity index (χ4v) is 11.8. The number of nitrogens with zero attached hydrogens (tertiary/aromatic N) is 16. The molecule has 0 saturated heterocycles. The van der Waals surface area contributed by atoms with Crippen LogP contribution in [0.1, 0.15) is 123 Å². The Balaban J connectivity index is 0.000000188. The van der Waals surface area contributed by atoms with Crippen LogP contribution in [0.5, 0.6) is 0 Å². The topological polar surface area (TPSA) is 204 Å². The van der Waals surface area contributed by atoms with Gasteiger partial charge in [0.05, 0.1) is 63.0 Å². The Morgan fingerprint density at radius 3 is 1.15 bits per heavy atom. The number of hydrogen-bond donors (Lipinski definition) is 1. The number of pyridine rings is 6. The maximum Gasteiger partial charge on any atom is 2.00 e. The third kappa shape index (κ3) is 20.4. The summed E-state index contributed by atoms with van der Waals surface area (Å²) in [6.45, 7) is 18.1. The van der Waals surface area contributed by atoms with Gasteiger partial charge >= 0.3 is 75.3 Å². The number of carbonyl (C=O) groups is 1. The number of alkyl halides is 3. The Hall–Kier alpha value is -10.3. The zero-order chi connectivity index (χ0) is 78.3. The van der Waals surface area contributed by atoms with Crippen molar-refractivity contribution in [3.8, 4) is 68.3 Å². The van der Waals surface area contributed by atoms with Gasteiger partial charge in [0.15, 0.2) is 0 Å². The van der Waals surface area contributed by atoms with Gasteiger partial charge < -0.3 is 38.1 Å². The van der Waals surface area contributed by atoms with Crippen molar-refractivity contribution in [1.82, 2.24) is 78.1 Å². The fourth-order valence-electron chi connectivity index (χ4n) is 11.8. The zero-order valence-electron chi connectivity index (χ0n) is 63.5. The van der Waals surface area contributed by atoms with Crippen LogP contribution in [-0.4, -0.2) is 89.2 Å². The van der Waals surface area contributed by atoms with E-state index < -0.39 is 40.6 Å². The van der Waals surface area contributed by atoms with Crippen LogP contribution >= 0.6 is 0 Å². The molecule has 0 unspecified atom stereocenters. The van der Waals surface area contributed by atoms with E-state index in [0.717, 1.165) is 96.4 Å². The van der Waals surface area contributed by atoms with Crippen LogP contribution in [0, 0.1) is 61.5 Å². The summed E-state index contributed by atoms with van der Waals surface area (Å²) in [5, 5.41) is 17.0. The number of aromatic nitrogens is 16. The molecule has 0 amide bonds. The number of carboxylic acid groups (broad SMARTS) is 1. The Labute approximate surface area is 716 Å². The molecule has 15 aromatic rings. The predicted molar refractivity (Wildman–Crippen MR) is 407 cm³/mol. The van der Waals surface area contributed by atoms with E-state index in [2.05, 4.69) is 145 Å². The van der Waals surface area contributed by atoms with Crippen LogP contribution in [0.4, 0.5) is 22.0 Å². The van der Waals surface area contributed by atoms with Crippen LogP contribution in [0.3, 0.4) is 0 Å². The number of aryl methyl sites for hydroxylation is 4. The van der Waals surface area contributed by atoms with E-state index >= 15 is 0 Å². The monoisotopic (exact) mass is 2250 g/mol. The van der Waals surface area contributed by atoms with E-state index in [-0.39, 0.29) is 118 Å². The van der Waals surface area contributed by atoms with E-state index in [9.17, 15) is 26.7 Å². The average Bonchev–Trinajstić information content (AvgIpc) is 1.49. The van der Waals surface area contributed by atoms with Gasteiger partial charge in [-0.3, -0.25) is 40.1 Å². The molecule has 0 aliphatic heterocycles. The molecule has 114 heavy (non-hydrogen) atoms. The van der Waals surface area contributed by atoms with Crippen molar-refractivity contribution in [2.45, 2.75) is 90.1 Å². The summed E-state index contributed by atoms with van der Waals surface area (Å²) in [7, 11) is 6.06. The van der Waals surface area contributed by atoms with Gasteiger partial charge in [-0.05, 0) is 109 Å². The Kier molecular flexibility index (Phi) is 29.6. The molecule has 0 aliphatic rings. The Morgan fingerprint density at radius 1 is 0.386 bits per heavy atom. The van der Waals surface area contributed by atoms with Gasteiger partial charge in [0, 0.05) is 99.8 Å². The first-order valence-electron chi connectivity index (χ1n) is 34.8. The number of imidazole rings is 3. The van der Waals surface area contributed by atoms with Gasteiger partial charge in [-0.25, -0.2) is 18.6 Å². The second-order valence-electron chi connectivity index (χ2n) is 27.9. The van der Waals surface area contributed by atoms with Crippen LogP contribution in [0.15, 0.2) is 225 Å². The Bertz CT molecular complexity index is 5630. The standard InChI is InChI=1S/C24H21N3.C23H22N4.C21H17F3N6.C19H14F2N3O2.4Pt/c1-24(2,21-16-10-15-20(25-21)18-11-6-4-7-12-18)22-17-27(3)23(26-22)19-13-8-5-9-14-19;1-23(2,19-15-26(3)21(24-19)17-11-7-5-8-12-17)20-16-27(4)22(25-20)18-13-9-6-10-14-18;1-14-10-12-29(27-14)18-8-4-6-15(25-18)20(2,3)16-7-5-9-19(26-16)30-13-11-17(28-30)21(22,23)24;1-19(2,15-8-4-6-13(23-15)18(25)26)14-7-3-5-12(22-14)11-9-10-16(20)24-17(11)21;;;;/h4-11,13,15-17H,1-3H3;5-11,13,15-16H,1-4H3;4-11H,1-3H3;3-8,10H,1-2H3,(H,25,26);;;;/q3*-2;-1;;3*+2. The summed E-state index contributed by atoms with van der Waals surface area (Å²) in [4.78, 5) is 51.8. The van der Waals surface area contributed by atoms with Crippen molar-refractivity contribution in [3.63, 3.8) is 0 Å². The minimum Gasteiger partial charge on any atom is -0.477 e. The largest absolute Gasteiger partial charge is 2.00 e. The first-order valence-corrected chi connectivity index (χ1v) is 34.8. The summed E-state index contributed by atoms with van der Waals surface area (Å²) < 4.78 is 74.2. The molecule has 0 bridgehead atoms. The number of rotatable bonds is 16. The summed E-state index contributed by atoms with van der Waals surface area (Å²) in [6.07, 6.45) is 7.19. The molecule has 4 aromatic carbocycles. The predicted octanol–water partition coefficient (Wildman–Crippen LogP) is 17.2. The van der Waals surface area contributed by atoms with Crippen LogP contribution in [-0.2, 0) is 133 Å². The first-order chi connectivity index (χ1) is 52.4. The number of aromatic carboxylic acids is 1. The van der Waals surface area contributed by atoms with Crippen molar-refractivity contribution in [2.24, 2.45) is 21.1 Å². The quantitative estimate of drug-likeness (QED) is 0.0544. The van der Waals surface area contributed by atoms with Crippen molar-refractivity contribution in [1.29, 1.82) is 0 Å². The molecule has 0 atom stereocenters. The molecule has 0 aliphatic carbocycles. The van der Waals surface area contributed by atoms with Gasteiger partial charge in [-0.15, -0.1) is 162 Å². The minimum atomic E-state index is -4.54. The molecular weight excluding hydrogens is 2180 g/mol. The smallest absolute Gasteiger partial charge is 0.477 e. The Morgan fingerprint density at radius 2 is 0.754 bits per heavy atom. The maximum atomic E-state index is 13.9. The number of carboxylic acids is 1. The van der Waals surface area contributed by atoms with Crippen LogP contribution in [0.25, 0.3) is 68.3 Å². The average molecular weight is 2250 g/mol. The van der Waals surface area contributed by atoms with Crippen molar-refractivity contribution >= 4 is 5.97 Å². The molecule has 1 N–H and O–H groups in total.